The molecule has 0 radical (unpaired) electrons. The highest BCUT2D eigenvalue weighted by Gasteiger charge is 2.16. The summed E-state index contributed by atoms with van der Waals surface area (Å²) >= 11 is 15.3. The predicted octanol–water partition coefficient (Wildman–Crippen LogP) is 5.47. The van der Waals surface area contributed by atoms with E-state index in [-0.39, 0.29) is 5.91 Å². The van der Waals surface area contributed by atoms with Crippen LogP contribution in [-0.2, 0) is 4.79 Å². The molecule has 116 valence electrons. The number of aryl methyl sites for hydroxylation is 1. The highest BCUT2D eigenvalue weighted by atomic mass is 79.9. The fourth-order valence-corrected chi connectivity index (χ4v) is 2.48. The smallest absolute Gasteiger partial charge is 0.265 e. The van der Waals surface area contributed by atoms with Crippen molar-refractivity contribution >= 4 is 50.7 Å². The molecule has 1 unspecified atom stereocenters. The van der Waals surface area contributed by atoms with Crippen LogP contribution < -0.4 is 10.1 Å². The van der Waals surface area contributed by atoms with Crippen LogP contribution >= 0.6 is 39.1 Å². The third-order valence-electron chi connectivity index (χ3n) is 2.99. The number of halogens is 3. The van der Waals surface area contributed by atoms with E-state index in [2.05, 4.69) is 21.2 Å². The molecule has 1 atom stereocenters. The zero-order chi connectivity index (χ0) is 16.3. The lowest BCUT2D eigenvalue weighted by Gasteiger charge is -2.16. The molecule has 0 saturated carbocycles. The van der Waals surface area contributed by atoms with Crippen LogP contribution in [0.1, 0.15) is 12.5 Å². The van der Waals surface area contributed by atoms with E-state index >= 15 is 0 Å². The van der Waals surface area contributed by atoms with Gasteiger partial charge >= 0.3 is 0 Å². The topological polar surface area (TPSA) is 38.3 Å². The number of rotatable bonds is 4. The first kappa shape index (κ1) is 17.1. The molecule has 3 nitrogen and oxygen atoms in total. The highest BCUT2D eigenvalue weighted by molar-refractivity contribution is 9.10. The van der Waals surface area contributed by atoms with Crippen molar-refractivity contribution in [2.24, 2.45) is 0 Å². The van der Waals surface area contributed by atoms with Gasteiger partial charge in [-0.15, -0.1) is 0 Å². The molecular weight excluding hydrogens is 389 g/mol. The molecule has 0 aliphatic carbocycles. The zero-order valence-electron chi connectivity index (χ0n) is 12.0. The molecule has 0 saturated heterocycles. The molecule has 0 bridgehead atoms. The molecule has 0 fully saturated rings. The largest absolute Gasteiger partial charge is 0.479 e. The number of ether oxygens (including phenoxy) is 1. The average molecular weight is 403 g/mol. The Kier molecular flexibility index (Phi) is 5.73. The minimum Gasteiger partial charge on any atom is -0.479 e. The second kappa shape index (κ2) is 7.36. The van der Waals surface area contributed by atoms with Crippen molar-refractivity contribution in [3.05, 3.63) is 56.5 Å². The molecule has 0 spiro atoms. The number of hydrogen-bond donors (Lipinski definition) is 1. The van der Waals surface area contributed by atoms with Crippen molar-refractivity contribution in [1.29, 1.82) is 0 Å². The fraction of sp³-hybridized carbons (Fsp3) is 0.188. The van der Waals surface area contributed by atoms with Gasteiger partial charge in [0, 0.05) is 15.2 Å². The standard InChI is InChI=1S/C16H14BrCl2NO2/c1-9-7-12(4-5-13(9)17)20-16(21)10(2)22-15-6-3-11(18)8-14(15)19/h3-8,10H,1-2H3,(H,20,21). The van der Waals surface area contributed by atoms with Crippen molar-refractivity contribution < 1.29 is 9.53 Å². The van der Waals surface area contributed by atoms with Crippen LogP contribution in [0.4, 0.5) is 5.69 Å². The third kappa shape index (κ3) is 4.38. The van der Waals surface area contributed by atoms with Gasteiger partial charge in [-0.25, -0.2) is 0 Å². The molecule has 2 aromatic carbocycles. The molecule has 6 heteroatoms. The molecule has 22 heavy (non-hydrogen) atoms. The number of anilines is 1. The fourth-order valence-electron chi connectivity index (χ4n) is 1.78. The van der Waals surface area contributed by atoms with Gasteiger partial charge in [0.25, 0.3) is 5.91 Å². The molecule has 0 heterocycles. The number of carbonyl (C=O) groups is 1. The van der Waals surface area contributed by atoms with E-state index in [9.17, 15) is 4.79 Å². The average Bonchev–Trinajstić information content (AvgIpc) is 2.45. The number of carbonyl (C=O) groups excluding carboxylic acids is 1. The zero-order valence-corrected chi connectivity index (χ0v) is 15.1. The first-order valence-corrected chi connectivity index (χ1v) is 8.10. The number of amides is 1. The summed E-state index contributed by atoms with van der Waals surface area (Å²) in [5.41, 5.74) is 1.75. The van der Waals surface area contributed by atoms with E-state index in [0.717, 1.165) is 10.0 Å². The van der Waals surface area contributed by atoms with Crippen LogP contribution in [0.5, 0.6) is 5.75 Å². The van der Waals surface area contributed by atoms with Crippen LogP contribution in [0.15, 0.2) is 40.9 Å². The maximum Gasteiger partial charge on any atom is 0.265 e. The van der Waals surface area contributed by atoms with Crippen molar-refractivity contribution in [2.45, 2.75) is 20.0 Å². The Morgan fingerprint density at radius 2 is 1.95 bits per heavy atom. The first-order chi connectivity index (χ1) is 10.4. The van der Waals surface area contributed by atoms with E-state index in [1.165, 1.54) is 0 Å². The Balaban J connectivity index is 2.04. The Hall–Kier alpha value is -1.23. The molecule has 2 aromatic rings. The van der Waals surface area contributed by atoms with Crippen LogP contribution in [0.25, 0.3) is 0 Å². The van der Waals surface area contributed by atoms with Crippen molar-refractivity contribution in [3.8, 4) is 5.75 Å². The summed E-state index contributed by atoms with van der Waals surface area (Å²) in [6.07, 6.45) is -0.692. The van der Waals surface area contributed by atoms with Crippen molar-refractivity contribution in [2.75, 3.05) is 5.32 Å². The lowest BCUT2D eigenvalue weighted by molar-refractivity contribution is -0.122. The Morgan fingerprint density at radius 1 is 1.23 bits per heavy atom. The molecule has 0 aliphatic rings. The van der Waals surface area contributed by atoms with E-state index in [0.29, 0.717) is 21.5 Å². The third-order valence-corrected chi connectivity index (χ3v) is 4.41. The van der Waals surface area contributed by atoms with Crippen LogP contribution in [-0.4, -0.2) is 12.0 Å². The first-order valence-electron chi connectivity index (χ1n) is 6.55. The van der Waals surface area contributed by atoms with Crippen molar-refractivity contribution in [3.63, 3.8) is 0 Å². The van der Waals surface area contributed by atoms with Crippen LogP contribution in [0, 0.1) is 6.92 Å². The van der Waals surface area contributed by atoms with Crippen LogP contribution in [0.3, 0.4) is 0 Å². The minimum absolute atomic E-state index is 0.257. The molecule has 2 rings (SSSR count). The molecule has 1 amide bonds. The number of nitrogens with one attached hydrogen (secondary N) is 1. The monoisotopic (exact) mass is 401 g/mol. The van der Waals surface area contributed by atoms with E-state index in [4.69, 9.17) is 27.9 Å². The molecule has 1 N–H and O–H groups in total. The second-order valence-electron chi connectivity index (χ2n) is 4.79. The van der Waals surface area contributed by atoms with Crippen LogP contribution in [0.2, 0.25) is 10.0 Å². The van der Waals surface area contributed by atoms with Gasteiger partial charge in [-0.1, -0.05) is 39.1 Å². The second-order valence-corrected chi connectivity index (χ2v) is 6.49. The van der Waals surface area contributed by atoms with Gasteiger partial charge in [0.2, 0.25) is 0 Å². The van der Waals surface area contributed by atoms with E-state index < -0.39 is 6.10 Å². The van der Waals surface area contributed by atoms with E-state index in [1.54, 1.807) is 25.1 Å². The van der Waals surface area contributed by atoms with Gasteiger partial charge in [0.05, 0.1) is 5.02 Å². The summed E-state index contributed by atoms with van der Waals surface area (Å²) in [7, 11) is 0. The maximum atomic E-state index is 12.2. The summed E-state index contributed by atoms with van der Waals surface area (Å²) in [6, 6.07) is 10.4. The summed E-state index contributed by atoms with van der Waals surface area (Å²) in [6.45, 7) is 3.61. The molecular formula is C16H14BrCl2NO2. The van der Waals surface area contributed by atoms with Gasteiger partial charge in [-0.3, -0.25) is 4.79 Å². The summed E-state index contributed by atoms with van der Waals surface area (Å²) < 4.78 is 6.56. The van der Waals surface area contributed by atoms with Gasteiger partial charge in [-0.05, 0) is 55.8 Å². The maximum absolute atomic E-state index is 12.2. The van der Waals surface area contributed by atoms with E-state index in [1.807, 2.05) is 25.1 Å². The van der Waals surface area contributed by atoms with Gasteiger partial charge in [0.1, 0.15) is 5.75 Å². The van der Waals surface area contributed by atoms with Gasteiger partial charge < -0.3 is 10.1 Å². The number of hydrogen-bond acceptors (Lipinski definition) is 2. The summed E-state index contributed by atoms with van der Waals surface area (Å²) in [5, 5.41) is 3.69. The summed E-state index contributed by atoms with van der Waals surface area (Å²) in [5.74, 6) is 0.161. The lowest BCUT2D eigenvalue weighted by Crippen LogP contribution is -2.30. The Bertz CT molecular complexity index is 707. The minimum atomic E-state index is -0.692. The van der Waals surface area contributed by atoms with Crippen molar-refractivity contribution in [1.82, 2.24) is 0 Å². The normalized spacial score (nSPS) is 11.9. The molecule has 0 aliphatic heterocycles. The lowest BCUT2D eigenvalue weighted by atomic mass is 10.2. The van der Waals surface area contributed by atoms with Gasteiger partial charge in [0.15, 0.2) is 6.10 Å². The number of benzene rings is 2. The summed E-state index contributed by atoms with van der Waals surface area (Å²) in [4.78, 5) is 12.2. The Labute approximate surface area is 147 Å². The SMILES string of the molecule is Cc1cc(NC(=O)C(C)Oc2ccc(Cl)cc2Cl)ccc1Br. The van der Waals surface area contributed by atoms with Gasteiger partial charge in [-0.2, -0.15) is 0 Å². The molecule has 0 aromatic heterocycles. The Morgan fingerprint density at radius 3 is 2.59 bits per heavy atom. The predicted molar refractivity (Wildman–Crippen MR) is 94.1 cm³/mol. The highest BCUT2D eigenvalue weighted by Crippen LogP contribution is 2.28. The quantitative estimate of drug-likeness (QED) is 0.736.